The van der Waals surface area contributed by atoms with Crippen LogP contribution in [0.5, 0.6) is 0 Å². The van der Waals surface area contributed by atoms with Gasteiger partial charge in [-0.2, -0.15) is 0 Å². The molecule has 0 aromatic rings. The van der Waals surface area contributed by atoms with Crippen molar-refractivity contribution in [3.63, 3.8) is 0 Å². The van der Waals surface area contributed by atoms with Gasteiger partial charge in [0.25, 0.3) is 0 Å². The Kier molecular flexibility index (Phi) is 5.62. The summed E-state index contributed by atoms with van der Waals surface area (Å²) in [5.41, 5.74) is 0.651. The number of methoxy groups -OCH3 is 1. The van der Waals surface area contributed by atoms with Gasteiger partial charge in [-0.1, -0.05) is 26.7 Å². The highest BCUT2D eigenvalue weighted by Gasteiger charge is 2.40. The van der Waals surface area contributed by atoms with Gasteiger partial charge in [0.1, 0.15) is 0 Å². The van der Waals surface area contributed by atoms with Crippen LogP contribution >= 0.6 is 0 Å². The minimum atomic E-state index is 0.568. The first-order valence-corrected chi connectivity index (χ1v) is 6.48. The topological polar surface area (TPSA) is 21.3 Å². The van der Waals surface area contributed by atoms with Crippen LogP contribution in [0.1, 0.15) is 52.4 Å². The molecule has 0 saturated heterocycles. The van der Waals surface area contributed by atoms with Gasteiger partial charge in [-0.15, -0.1) is 0 Å². The zero-order valence-electron chi connectivity index (χ0n) is 10.6. The zero-order valence-corrected chi connectivity index (χ0v) is 10.6. The van der Waals surface area contributed by atoms with E-state index in [-0.39, 0.29) is 0 Å². The van der Waals surface area contributed by atoms with Crippen molar-refractivity contribution in [3.05, 3.63) is 0 Å². The SMILES string of the molecule is CCCCC(COC)NCC1(CC)CC1. The molecule has 0 amide bonds. The van der Waals surface area contributed by atoms with Crippen LogP contribution in [0.25, 0.3) is 0 Å². The molecule has 0 spiro atoms. The molecule has 1 rings (SSSR count). The largest absolute Gasteiger partial charge is 0.383 e. The maximum Gasteiger partial charge on any atom is 0.0615 e. The third kappa shape index (κ3) is 4.52. The Morgan fingerprint density at radius 3 is 2.53 bits per heavy atom. The van der Waals surface area contributed by atoms with Crippen LogP contribution in [-0.4, -0.2) is 26.3 Å². The number of rotatable bonds is 9. The van der Waals surface area contributed by atoms with Gasteiger partial charge in [-0.25, -0.2) is 0 Å². The molecule has 1 aliphatic carbocycles. The molecule has 0 heterocycles. The summed E-state index contributed by atoms with van der Waals surface area (Å²) >= 11 is 0. The Bertz CT molecular complexity index is 166. The van der Waals surface area contributed by atoms with Crippen molar-refractivity contribution in [3.8, 4) is 0 Å². The van der Waals surface area contributed by atoms with Gasteiger partial charge in [0, 0.05) is 19.7 Å². The average molecular weight is 213 g/mol. The fourth-order valence-electron chi connectivity index (χ4n) is 2.09. The van der Waals surface area contributed by atoms with Crippen LogP contribution < -0.4 is 5.32 Å². The van der Waals surface area contributed by atoms with Crippen LogP contribution in [-0.2, 0) is 4.74 Å². The highest BCUT2D eigenvalue weighted by Crippen LogP contribution is 2.47. The fourth-order valence-corrected chi connectivity index (χ4v) is 2.09. The van der Waals surface area contributed by atoms with Crippen LogP contribution in [0, 0.1) is 5.41 Å². The number of ether oxygens (including phenoxy) is 1. The Hall–Kier alpha value is -0.0800. The van der Waals surface area contributed by atoms with Crippen LogP contribution in [0.15, 0.2) is 0 Å². The van der Waals surface area contributed by atoms with Gasteiger partial charge >= 0.3 is 0 Å². The van der Waals surface area contributed by atoms with E-state index in [1.54, 1.807) is 7.11 Å². The van der Waals surface area contributed by atoms with Gasteiger partial charge in [-0.05, 0) is 31.1 Å². The van der Waals surface area contributed by atoms with Crippen LogP contribution in [0.4, 0.5) is 0 Å². The Balaban J connectivity index is 2.18. The standard InChI is InChI=1S/C13H27NO/c1-4-6-7-12(10-15-3)14-11-13(5-2)8-9-13/h12,14H,4-11H2,1-3H3. The summed E-state index contributed by atoms with van der Waals surface area (Å²) in [6.45, 7) is 6.62. The predicted molar refractivity (Wildman–Crippen MR) is 65.1 cm³/mol. The minimum Gasteiger partial charge on any atom is -0.383 e. The summed E-state index contributed by atoms with van der Waals surface area (Å²) in [7, 11) is 1.80. The summed E-state index contributed by atoms with van der Waals surface area (Å²) < 4.78 is 5.26. The first-order valence-electron chi connectivity index (χ1n) is 6.48. The molecule has 2 nitrogen and oxygen atoms in total. The molecule has 1 N–H and O–H groups in total. The fraction of sp³-hybridized carbons (Fsp3) is 1.00. The minimum absolute atomic E-state index is 0.568. The second-order valence-corrected chi connectivity index (χ2v) is 5.03. The predicted octanol–water partition coefficient (Wildman–Crippen LogP) is 2.97. The van der Waals surface area contributed by atoms with Crippen molar-refractivity contribution in [2.24, 2.45) is 5.41 Å². The van der Waals surface area contributed by atoms with Crippen LogP contribution in [0.3, 0.4) is 0 Å². The van der Waals surface area contributed by atoms with E-state index in [0.717, 1.165) is 6.61 Å². The number of hydrogen-bond donors (Lipinski definition) is 1. The smallest absolute Gasteiger partial charge is 0.0615 e. The van der Waals surface area contributed by atoms with Crippen molar-refractivity contribution < 1.29 is 4.74 Å². The molecular weight excluding hydrogens is 186 g/mol. The molecule has 0 aromatic carbocycles. The highest BCUT2D eigenvalue weighted by atomic mass is 16.5. The first-order chi connectivity index (χ1) is 7.26. The normalized spacial score (nSPS) is 20.2. The molecule has 1 aliphatic rings. The quantitative estimate of drug-likeness (QED) is 0.636. The highest BCUT2D eigenvalue weighted by molar-refractivity contribution is 4.94. The van der Waals surface area contributed by atoms with E-state index in [0.29, 0.717) is 11.5 Å². The van der Waals surface area contributed by atoms with E-state index < -0.39 is 0 Å². The van der Waals surface area contributed by atoms with E-state index in [9.17, 15) is 0 Å². The molecule has 0 bridgehead atoms. The van der Waals surface area contributed by atoms with Crippen LogP contribution in [0.2, 0.25) is 0 Å². The lowest BCUT2D eigenvalue weighted by molar-refractivity contribution is 0.157. The number of unbranched alkanes of at least 4 members (excludes halogenated alkanes) is 1. The van der Waals surface area contributed by atoms with E-state index in [2.05, 4.69) is 19.2 Å². The van der Waals surface area contributed by atoms with Gasteiger partial charge in [0.2, 0.25) is 0 Å². The number of nitrogens with one attached hydrogen (secondary N) is 1. The molecule has 1 atom stereocenters. The molecule has 0 radical (unpaired) electrons. The third-order valence-corrected chi connectivity index (χ3v) is 3.75. The van der Waals surface area contributed by atoms with Crippen molar-refractivity contribution in [2.45, 2.75) is 58.4 Å². The van der Waals surface area contributed by atoms with E-state index in [1.807, 2.05) is 0 Å². The van der Waals surface area contributed by atoms with Gasteiger partial charge < -0.3 is 10.1 Å². The van der Waals surface area contributed by atoms with Gasteiger partial charge in [-0.3, -0.25) is 0 Å². The van der Waals surface area contributed by atoms with Crippen molar-refractivity contribution in [2.75, 3.05) is 20.3 Å². The van der Waals surface area contributed by atoms with E-state index in [4.69, 9.17) is 4.74 Å². The van der Waals surface area contributed by atoms with Crippen molar-refractivity contribution in [1.29, 1.82) is 0 Å². The molecule has 2 heteroatoms. The van der Waals surface area contributed by atoms with Crippen molar-refractivity contribution >= 4 is 0 Å². The molecule has 90 valence electrons. The second kappa shape index (κ2) is 6.49. The summed E-state index contributed by atoms with van der Waals surface area (Å²) in [5, 5.41) is 3.68. The zero-order chi connectivity index (χ0) is 11.1. The lowest BCUT2D eigenvalue weighted by Gasteiger charge is -2.21. The summed E-state index contributed by atoms with van der Waals surface area (Å²) in [5.74, 6) is 0. The summed E-state index contributed by atoms with van der Waals surface area (Å²) in [4.78, 5) is 0. The first kappa shape index (κ1) is 13.0. The molecule has 15 heavy (non-hydrogen) atoms. The maximum atomic E-state index is 5.26. The lowest BCUT2D eigenvalue weighted by atomic mass is 10.0. The molecule has 1 saturated carbocycles. The average Bonchev–Trinajstić information content (AvgIpc) is 3.03. The van der Waals surface area contributed by atoms with E-state index >= 15 is 0 Å². The molecular formula is C13H27NO. The van der Waals surface area contributed by atoms with Gasteiger partial charge in [0.15, 0.2) is 0 Å². The lowest BCUT2D eigenvalue weighted by Crippen LogP contribution is -2.37. The maximum absolute atomic E-state index is 5.26. The Labute approximate surface area is 94.8 Å². The Morgan fingerprint density at radius 1 is 1.33 bits per heavy atom. The number of hydrogen-bond acceptors (Lipinski definition) is 2. The Morgan fingerprint density at radius 2 is 2.07 bits per heavy atom. The van der Waals surface area contributed by atoms with Crippen molar-refractivity contribution in [1.82, 2.24) is 5.32 Å². The molecule has 1 unspecified atom stereocenters. The third-order valence-electron chi connectivity index (χ3n) is 3.75. The summed E-state index contributed by atoms with van der Waals surface area (Å²) in [6, 6.07) is 0.568. The summed E-state index contributed by atoms with van der Waals surface area (Å²) in [6.07, 6.45) is 8.01. The monoisotopic (exact) mass is 213 g/mol. The molecule has 0 aromatic heterocycles. The molecule has 1 fully saturated rings. The van der Waals surface area contributed by atoms with E-state index in [1.165, 1.54) is 45.1 Å². The second-order valence-electron chi connectivity index (χ2n) is 5.03. The van der Waals surface area contributed by atoms with Gasteiger partial charge in [0.05, 0.1) is 6.61 Å². The molecule has 0 aliphatic heterocycles.